The molecule has 0 saturated carbocycles. The zero-order chi connectivity index (χ0) is 18.7. The fraction of sp³-hybridized carbons (Fsp3) is 0.316. The van der Waals surface area contributed by atoms with Crippen LogP contribution in [0.1, 0.15) is 23.5 Å². The second kappa shape index (κ2) is 7.97. The third kappa shape index (κ3) is 4.11. The van der Waals surface area contributed by atoms with E-state index in [0.717, 1.165) is 20.8 Å². The van der Waals surface area contributed by atoms with Gasteiger partial charge in [-0.25, -0.2) is 4.98 Å². The summed E-state index contributed by atoms with van der Waals surface area (Å²) < 4.78 is 35.7. The number of hydrogen-bond donors (Lipinski definition) is 0. The number of benzene rings is 2. The number of para-hydroxylation sites is 1. The number of nitrogens with zero attached hydrogens (tertiary/aromatic N) is 2. The normalized spacial score (nSPS) is 12.7. The molecule has 0 saturated heterocycles. The van der Waals surface area contributed by atoms with E-state index < -0.39 is 6.61 Å². The van der Waals surface area contributed by atoms with Crippen molar-refractivity contribution in [3.63, 3.8) is 0 Å². The maximum atomic E-state index is 12.4. The van der Waals surface area contributed by atoms with E-state index in [0.29, 0.717) is 12.3 Å². The van der Waals surface area contributed by atoms with E-state index >= 15 is 0 Å². The summed E-state index contributed by atoms with van der Waals surface area (Å²) in [6.07, 6.45) is 0. The van der Waals surface area contributed by atoms with Crippen LogP contribution in [-0.2, 0) is 6.54 Å². The maximum absolute atomic E-state index is 12.4. The van der Waals surface area contributed by atoms with Gasteiger partial charge in [0.15, 0.2) is 11.5 Å². The Kier molecular flexibility index (Phi) is 5.68. The summed E-state index contributed by atoms with van der Waals surface area (Å²) in [4.78, 5) is 6.86. The van der Waals surface area contributed by atoms with E-state index in [9.17, 15) is 8.78 Å². The number of fused-ring (bicyclic) bond motifs is 1. The Morgan fingerprint density at radius 3 is 2.62 bits per heavy atom. The first kappa shape index (κ1) is 18.5. The molecule has 0 aliphatic rings. The van der Waals surface area contributed by atoms with Crippen molar-refractivity contribution in [2.75, 3.05) is 14.2 Å². The van der Waals surface area contributed by atoms with Crippen molar-refractivity contribution in [3.05, 3.63) is 53.0 Å². The van der Waals surface area contributed by atoms with E-state index in [1.165, 1.54) is 13.2 Å². The number of alkyl halides is 2. The number of thiazole rings is 1. The Hall–Kier alpha value is -2.25. The van der Waals surface area contributed by atoms with Gasteiger partial charge in [-0.2, -0.15) is 8.78 Å². The lowest BCUT2D eigenvalue weighted by Gasteiger charge is -2.23. The smallest absolute Gasteiger partial charge is 0.387 e. The summed E-state index contributed by atoms with van der Waals surface area (Å²) in [5, 5.41) is 1.04. The summed E-state index contributed by atoms with van der Waals surface area (Å²) in [6.45, 7) is -0.150. The van der Waals surface area contributed by atoms with Crippen molar-refractivity contribution in [1.29, 1.82) is 0 Å². The SMILES string of the molecule is COc1cc(CN(C)[C@H](C)c2nc3ccccc3s2)ccc1OC(F)F. The summed E-state index contributed by atoms with van der Waals surface area (Å²) in [7, 11) is 3.44. The van der Waals surface area contributed by atoms with E-state index in [1.807, 2.05) is 25.2 Å². The zero-order valence-corrected chi connectivity index (χ0v) is 15.6. The Morgan fingerprint density at radius 1 is 1.15 bits per heavy atom. The van der Waals surface area contributed by atoms with Gasteiger partial charge in [-0.05, 0) is 43.8 Å². The van der Waals surface area contributed by atoms with Crippen molar-refractivity contribution < 1.29 is 18.3 Å². The number of rotatable bonds is 7. The molecule has 138 valence electrons. The Balaban J connectivity index is 1.75. The topological polar surface area (TPSA) is 34.6 Å². The molecule has 0 N–H and O–H groups in total. The van der Waals surface area contributed by atoms with Gasteiger partial charge in [-0.1, -0.05) is 18.2 Å². The van der Waals surface area contributed by atoms with Crippen LogP contribution in [-0.4, -0.2) is 30.7 Å². The van der Waals surface area contributed by atoms with Gasteiger partial charge in [0.25, 0.3) is 0 Å². The molecule has 26 heavy (non-hydrogen) atoms. The molecule has 0 unspecified atom stereocenters. The molecule has 1 atom stereocenters. The van der Waals surface area contributed by atoms with Gasteiger partial charge < -0.3 is 9.47 Å². The van der Waals surface area contributed by atoms with Crippen LogP contribution in [0.5, 0.6) is 11.5 Å². The second-order valence-corrected chi connectivity index (χ2v) is 7.04. The first-order chi connectivity index (χ1) is 12.5. The molecule has 0 aliphatic carbocycles. The molecule has 0 radical (unpaired) electrons. The number of methoxy groups -OCH3 is 1. The minimum Gasteiger partial charge on any atom is -0.493 e. The van der Waals surface area contributed by atoms with Gasteiger partial charge in [0.05, 0.1) is 23.4 Å². The van der Waals surface area contributed by atoms with Gasteiger partial charge in [0.1, 0.15) is 5.01 Å². The fourth-order valence-corrected chi connectivity index (χ4v) is 3.77. The standard InChI is InChI=1S/C19H20F2N2O2S/c1-12(18-22-14-6-4-5-7-17(14)26-18)23(2)11-13-8-9-15(25-19(20)21)16(10-13)24-3/h4-10,12,19H,11H2,1-3H3/t12-/m1/s1. The third-order valence-corrected chi connectivity index (χ3v) is 5.41. The molecule has 7 heteroatoms. The number of halogens is 2. The first-order valence-electron chi connectivity index (χ1n) is 8.15. The van der Waals surface area contributed by atoms with E-state index in [2.05, 4.69) is 22.6 Å². The Morgan fingerprint density at radius 2 is 1.92 bits per heavy atom. The quantitative estimate of drug-likeness (QED) is 0.573. The minimum absolute atomic E-state index is 0.0353. The Labute approximate surface area is 155 Å². The summed E-state index contributed by atoms with van der Waals surface area (Å²) in [5.74, 6) is 0.331. The fourth-order valence-electron chi connectivity index (χ4n) is 2.69. The average Bonchev–Trinajstić information content (AvgIpc) is 3.05. The second-order valence-electron chi connectivity index (χ2n) is 5.97. The zero-order valence-electron chi connectivity index (χ0n) is 14.8. The highest BCUT2D eigenvalue weighted by Gasteiger charge is 2.18. The maximum Gasteiger partial charge on any atom is 0.387 e. The number of ether oxygens (including phenoxy) is 2. The van der Waals surface area contributed by atoms with Gasteiger partial charge in [-0.15, -0.1) is 11.3 Å². The number of aromatic nitrogens is 1. The lowest BCUT2D eigenvalue weighted by molar-refractivity contribution is -0.0512. The molecule has 0 aliphatic heterocycles. The van der Waals surface area contributed by atoms with Crippen molar-refractivity contribution in [2.45, 2.75) is 26.1 Å². The molecule has 0 spiro atoms. The molecule has 3 aromatic rings. The van der Waals surface area contributed by atoms with Crippen LogP contribution in [0, 0.1) is 0 Å². The van der Waals surface area contributed by atoms with Crippen LogP contribution >= 0.6 is 11.3 Å². The molecule has 0 amide bonds. The molecule has 3 rings (SSSR count). The van der Waals surface area contributed by atoms with Crippen molar-refractivity contribution in [3.8, 4) is 11.5 Å². The van der Waals surface area contributed by atoms with Crippen LogP contribution in [0.15, 0.2) is 42.5 Å². The Bertz CT molecular complexity index is 852. The van der Waals surface area contributed by atoms with Gasteiger partial charge in [0.2, 0.25) is 0 Å². The molecule has 1 heterocycles. The predicted molar refractivity (Wildman–Crippen MR) is 99.1 cm³/mol. The van der Waals surface area contributed by atoms with Gasteiger partial charge >= 0.3 is 6.61 Å². The van der Waals surface area contributed by atoms with Crippen LogP contribution < -0.4 is 9.47 Å². The summed E-state index contributed by atoms with van der Waals surface area (Å²) in [6, 6.07) is 13.2. The van der Waals surface area contributed by atoms with E-state index in [-0.39, 0.29) is 11.8 Å². The predicted octanol–water partition coefficient (Wildman–Crippen LogP) is 5.10. The molecule has 0 fully saturated rings. The van der Waals surface area contributed by atoms with E-state index in [1.54, 1.807) is 23.5 Å². The lowest BCUT2D eigenvalue weighted by Crippen LogP contribution is -2.21. The van der Waals surface area contributed by atoms with E-state index in [4.69, 9.17) is 9.72 Å². The molecular formula is C19H20F2N2O2S. The highest BCUT2D eigenvalue weighted by molar-refractivity contribution is 7.18. The highest BCUT2D eigenvalue weighted by atomic mass is 32.1. The third-order valence-electron chi connectivity index (χ3n) is 4.21. The first-order valence-corrected chi connectivity index (χ1v) is 8.97. The minimum atomic E-state index is -2.88. The highest BCUT2D eigenvalue weighted by Crippen LogP contribution is 2.32. The van der Waals surface area contributed by atoms with Gasteiger partial charge in [0, 0.05) is 6.54 Å². The molecule has 0 bridgehead atoms. The van der Waals surface area contributed by atoms with Crippen LogP contribution in [0.3, 0.4) is 0 Å². The summed E-state index contributed by atoms with van der Waals surface area (Å²) >= 11 is 1.68. The number of hydrogen-bond acceptors (Lipinski definition) is 5. The molecular weight excluding hydrogens is 358 g/mol. The average molecular weight is 378 g/mol. The van der Waals surface area contributed by atoms with Crippen molar-refractivity contribution >= 4 is 21.6 Å². The van der Waals surface area contributed by atoms with Crippen molar-refractivity contribution in [1.82, 2.24) is 9.88 Å². The van der Waals surface area contributed by atoms with Crippen LogP contribution in [0.4, 0.5) is 8.78 Å². The molecule has 1 aromatic heterocycles. The van der Waals surface area contributed by atoms with Crippen molar-refractivity contribution in [2.24, 2.45) is 0 Å². The lowest BCUT2D eigenvalue weighted by atomic mass is 10.1. The monoisotopic (exact) mass is 378 g/mol. The molecule has 4 nitrogen and oxygen atoms in total. The van der Waals surface area contributed by atoms with Crippen LogP contribution in [0.2, 0.25) is 0 Å². The summed E-state index contributed by atoms with van der Waals surface area (Å²) in [5.41, 5.74) is 1.95. The molecule has 2 aromatic carbocycles. The largest absolute Gasteiger partial charge is 0.493 e. The van der Waals surface area contributed by atoms with Gasteiger partial charge in [-0.3, -0.25) is 4.90 Å². The van der Waals surface area contributed by atoms with Crippen LogP contribution in [0.25, 0.3) is 10.2 Å².